The summed E-state index contributed by atoms with van der Waals surface area (Å²) >= 11 is 5.73. The summed E-state index contributed by atoms with van der Waals surface area (Å²) in [6.45, 7) is -0.302. The van der Waals surface area contributed by atoms with Gasteiger partial charge in [0.2, 0.25) is 0 Å². The maximum Gasteiger partial charge on any atom is 0.402 e. The summed E-state index contributed by atoms with van der Waals surface area (Å²) < 4.78 is 0. The predicted molar refractivity (Wildman–Crippen MR) is 67.9 cm³/mol. The molecule has 9 heteroatoms. The van der Waals surface area contributed by atoms with Gasteiger partial charge in [-0.2, -0.15) is 0 Å². The Morgan fingerprint density at radius 3 is 1.84 bits per heavy atom. The molecule has 0 bridgehead atoms. The minimum absolute atomic E-state index is 0.302. The van der Waals surface area contributed by atoms with Gasteiger partial charge in [0.15, 0.2) is 0 Å². The summed E-state index contributed by atoms with van der Waals surface area (Å²) in [6, 6.07) is 6.90. The van der Waals surface area contributed by atoms with E-state index in [4.69, 9.17) is 36.5 Å². The van der Waals surface area contributed by atoms with E-state index in [1.54, 1.807) is 24.3 Å². The van der Waals surface area contributed by atoms with Crippen LogP contribution in [0, 0.1) is 0 Å². The zero-order chi connectivity index (χ0) is 15.4. The van der Waals surface area contributed by atoms with Gasteiger partial charge in [-0.3, -0.25) is 0 Å². The third kappa shape index (κ3) is 13.9. The number of nitrogens with two attached hydrogens (primary N) is 2. The first-order chi connectivity index (χ1) is 8.72. The summed E-state index contributed by atoms with van der Waals surface area (Å²) in [5, 5.41) is 32.6. The number of halogens is 1. The number of rotatable bonds is 2. The second kappa shape index (κ2) is 11.1. The maximum absolute atomic E-state index is 9.18. The molecule has 0 unspecified atom stereocenters. The number of hydrogen-bond acceptors (Lipinski definition) is 4. The molecule has 1 aromatic carbocycles. The van der Waals surface area contributed by atoms with Crippen molar-refractivity contribution < 1.29 is 30.0 Å². The molecule has 0 fully saturated rings. The molecule has 0 spiro atoms. The van der Waals surface area contributed by atoms with Gasteiger partial charge in [0, 0.05) is 10.6 Å². The van der Waals surface area contributed by atoms with Crippen molar-refractivity contribution in [3.05, 3.63) is 34.9 Å². The standard InChI is InChI=1S/C8H9ClO2.2CH3NO2/c9-7-4-2-1-3-6(7)8(11)5-10;2*2-1(3)4/h1-4,8,10-11H,5H2;2*2H2,(H,3,4)/t8-;;/m0../s1. The van der Waals surface area contributed by atoms with Crippen molar-refractivity contribution in [3.8, 4) is 0 Å². The van der Waals surface area contributed by atoms with Crippen LogP contribution in [0.1, 0.15) is 11.7 Å². The van der Waals surface area contributed by atoms with Gasteiger partial charge in [0.1, 0.15) is 6.10 Å². The topological polar surface area (TPSA) is 167 Å². The van der Waals surface area contributed by atoms with Gasteiger partial charge < -0.3 is 31.9 Å². The van der Waals surface area contributed by atoms with Crippen molar-refractivity contribution in [2.24, 2.45) is 11.5 Å². The molecule has 0 aromatic heterocycles. The third-order valence-electron chi connectivity index (χ3n) is 1.44. The smallest absolute Gasteiger partial charge is 0.402 e. The highest BCUT2D eigenvalue weighted by Gasteiger charge is 2.08. The first-order valence-electron chi connectivity index (χ1n) is 4.72. The van der Waals surface area contributed by atoms with Crippen molar-refractivity contribution in [2.45, 2.75) is 6.10 Å². The third-order valence-corrected chi connectivity index (χ3v) is 1.78. The number of benzene rings is 1. The molecule has 108 valence electrons. The molecule has 0 heterocycles. The van der Waals surface area contributed by atoms with Crippen LogP contribution in [0.15, 0.2) is 24.3 Å². The Kier molecular flexibility index (Phi) is 11.3. The fourth-order valence-corrected chi connectivity index (χ4v) is 1.11. The van der Waals surface area contributed by atoms with E-state index in [1.807, 2.05) is 0 Å². The molecule has 0 aliphatic rings. The molecule has 0 saturated carbocycles. The first kappa shape index (κ1) is 19.3. The Labute approximate surface area is 113 Å². The van der Waals surface area contributed by atoms with Crippen molar-refractivity contribution in [1.82, 2.24) is 0 Å². The Morgan fingerprint density at radius 1 is 1.16 bits per heavy atom. The SMILES string of the molecule is NC(=O)O.NC(=O)O.OC[C@H](O)c1ccccc1Cl. The number of primary amides is 2. The van der Waals surface area contributed by atoms with Gasteiger partial charge in [-0.25, -0.2) is 9.59 Å². The Balaban J connectivity index is 0. The molecular formula is C10H15ClN2O6. The van der Waals surface area contributed by atoms with Crippen LogP contribution < -0.4 is 11.5 Å². The van der Waals surface area contributed by atoms with Crippen LogP contribution in [0.4, 0.5) is 9.59 Å². The second-order valence-corrected chi connectivity index (χ2v) is 3.30. The van der Waals surface area contributed by atoms with Crippen LogP contribution in [0.5, 0.6) is 0 Å². The van der Waals surface area contributed by atoms with Crippen molar-refractivity contribution in [1.29, 1.82) is 0 Å². The van der Waals surface area contributed by atoms with E-state index in [2.05, 4.69) is 11.5 Å². The van der Waals surface area contributed by atoms with E-state index in [1.165, 1.54) is 0 Å². The molecule has 0 aliphatic heterocycles. The Hall–Kier alpha value is -2.03. The van der Waals surface area contributed by atoms with E-state index in [9.17, 15) is 5.11 Å². The molecule has 0 radical (unpaired) electrons. The van der Waals surface area contributed by atoms with E-state index in [0.717, 1.165) is 0 Å². The lowest BCUT2D eigenvalue weighted by Crippen LogP contribution is -2.03. The highest BCUT2D eigenvalue weighted by molar-refractivity contribution is 6.31. The summed E-state index contributed by atoms with van der Waals surface area (Å²) in [6.07, 6.45) is -3.54. The van der Waals surface area contributed by atoms with Crippen molar-refractivity contribution in [2.75, 3.05) is 6.61 Å². The molecule has 8 N–H and O–H groups in total. The van der Waals surface area contributed by atoms with Crippen LogP contribution >= 0.6 is 11.6 Å². The van der Waals surface area contributed by atoms with Crippen molar-refractivity contribution >= 4 is 23.8 Å². The number of amides is 2. The van der Waals surface area contributed by atoms with Crippen LogP contribution in [-0.4, -0.2) is 39.2 Å². The van der Waals surface area contributed by atoms with E-state index >= 15 is 0 Å². The first-order valence-corrected chi connectivity index (χ1v) is 5.10. The number of aliphatic hydroxyl groups excluding tert-OH is 2. The minimum Gasteiger partial charge on any atom is -0.465 e. The second-order valence-electron chi connectivity index (χ2n) is 2.90. The van der Waals surface area contributed by atoms with Gasteiger partial charge in [-0.1, -0.05) is 29.8 Å². The molecule has 8 nitrogen and oxygen atoms in total. The summed E-state index contributed by atoms with van der Waals surface area (Å²) in [5.41, 5.74) is 8.62. The van der Waals surface area contributed by atoms with Crippen LogP contribution in [0.25, 0.3) is 0 Å². The molecule has 19 heavy (non-hydrogen) atoms. The number of hydrogen-bond donors (Lipinski definition) is 6. The van der Waals surface area contributed by atoms with Gasteiger partial charge in [-0.15, -0.1) is 0 Å². The normalized spacial score (nSPS) is 10.1. The lowest BCUT2D eigenvalue weighted by molar-refractivity contribution is 0.0957. The number of carbonyl (C=O) groups is 2. The lowest BCUT2D eigenvalue weighted by atomic mass is 10.1. The van der Waals surface area contributed by atoms with Gasteiger partial charge >= 0.3 is 12.2 Å². The number of aliphatic hydroxyl groups is 2. The summed E-state index contributed by atoms with van der Waals surface area (Å²) in [7, 11) is 0. The van der Waals surface area contributed by atoms with Gasteiger partial charge in [0.25, 0.3) is 0 Å². The zero-order valence-electron chi connectivity index (χ0n) is 9.73. The zero-order valence-corrected chi connectivity index (χ0v) is 10.5. The fourth-order valence-electron chi connectivity index (χ4n) is 0.844. The van der Waals surface area contributed by atoms with Crippen LogP contribution in [-0.2, 0) is 0 Å². The average molecular weight is 295 g/mol. The lowest BCUT2D eigenvalue weighted by Gasteiger charge is -2.08. The van der Waals surface area contributed by atoms with Gasteiger partial charge in [-0.05, 0) is 6.07 Å². The molecule has 1 aromatic rings. The van der Waals surface area contributed by atoms with E-state index < -0.39 is 18.3 Å². The molecule has 0 saturated heterocycles. The molecule has 2 amide bonds. The van der Waals surface area contributed by atoms with Crippen LogP contribution in [0.2, 0.25) is 5.02 Å². The minimum atomic E-state index is -1.33. The molecule has 0 aliphatic carbocycles. The quantitative estimate of drug-likeness (QED) is 0.467. The monoisotopic (exact) mass is 294 g/mol. The molecule has 1 atom stereocenters. The molecule has 1 rings (SSSR count). The Bertz CT molecular complexity index is 381. The van der Waals surface area contributed by atoms with Crippen molar-refractivity contribution in [3.63, 3.8) is 0 Å². The summed E-state index contributed by atoms with van der Waals surface area (Å²) in [5.74, 6) is 0. The maximum atomic E-state index is 9.18. The largest absolute Gasteiger partial charge is 0.465 e. The number of carboxylic acid groups (broad SMARTS) is 2. The highest BCUT2D eigenvalue weighted by atomic mass is 35.5. The fraction of sp³-hybridized carbons (Fsp3) is 0.200. The van der Waals surface area contributed by atoms with E-state index in [-0.39, 0.29) is 6.61 Å². The predicted octanol–water partition coefficient (Wildman–Crippen LogP) is 0.612. The van der Waals surface area contributed by atoms with Crippen LogP contribution in [0.3, 0.4) is 0 Å². The Morgan fingerprint density at radius 2 is 1.53 bits per heavy atom. The van der Waals surface area contributed by atoms with E-state index in [0.29, 0.717) is 10.6 Å². The average Bonchev–Trinajstić information content (AvgIpc) is 2.27. The van der Waals surface area contributed by atoms with Gasteiger partial charge in [0.05, 0.1) is 6.61 Å². The molecular weight excluding hydrogens is 280 g/mol. The summed E-state index contributed by atoms with van der Waals surface area (Å²) in [4.78, 5) is 17.6. The highest BCUT2D eigenvalue weighted by Crippen LogP contribution is 2.21.